The highest BCUT2D eigenvalue weighted by atomic mass is 79.9. The summed E-state index contributed by atoms with van der Waals surface area (Å²) in [6.45, 7) is -0.186. The molecule has 8 heteroatoms. The summed E-state index contributed by atoms with van der Waals surface area (Å²) in [6, 6.07) is 6.73. The molecule has 1 aromatic rings. The van der Waals surface area contributed by atoms with E-state index in [0.717, 1.165) is 10.0 Å². The maximum Gasteiger partial charge on any atom is 0.258 e. The summed E-state index contributed by atoms with van der Waals surface area (Å²) < 4.78 is 0.884. The SMILES string of the molecule is NC(=O)CN1OC2C(=O)NC(=O)C2C1c1ccc(Br)cc1. The van der Waals surface area contributed by atoms with Crippen LogP contribution in [0.2, 0.25) is 0 Å². The van der Waals surface area contributed by atoms with Gasteiger partial charge in [-0.1, -0.05) is 28.1 Å². The van der Waals surface area contributed by atoms with Crippen molar-refractivity contribution in [2.75, 3.05) is 6.54 Å². The Hall–Kier alpha value is -1.77. The van der Waals surface area contributed by atoms with Gasteiger partial charge in [0.1, 0.15) is 6.54 Å². The van der Waals surface area contributed by atoms with Crippen molar-refractivity contribution in [2.45, 2.75) is 12.1 Å². The lowest BCUT2D eigenvalue weighted by Gasteiger charge is -2.24. The summed E-state index contributed by atoms with van der Waals surface area (Å²) in [5.41, 5.74) is 5.98. The van der Waals surface area contributed by atoms with E-state index >= 15 is 0 Å². The summed E-state index contributed by atoms with van der Waals surface area (Å²) >= 11 is 3.33. The lowest BCUT2D eigenvalue weighted by atomic mass is 9.91. The minimum absolute atomic E-state index is 0.186. The van der Waals surface area contributed by atoms with Crippen LogP contribution in [0.4, 0.5) is 0 Å². The molecule has 3 amide bonds. The van der Waals surface area contributed by atoms with Gasteiger partial charge in [-0.05, 0) is 17.7 Å². The normalized spacial score (nSPS) is 28.5. The summed E-state index contributed by atoms with van der Waals surface area (Å²) in [5.74, 6) is -2.16. The van der Waals surface area contributed by atoms with Crippen molar-refractivity contribution in [2.24, 2.45) is 11.7 Å². The maximum atomic E-state index is 12.0. The van der Waals surface area contributed by atoms with Crippen LogP contribution < -0.4 is 11.1 Å². The van der Waals surface area contributed by atoms with Crippen LogP contribution in [0.15, 0.2) is 28.7 Å². The first kappa shape index (κ1) is 14.2. The second-order valence-electron chi connectivity index (χ2n) is 4.94. The number of nitrogens with one attached hydrogen (secondary N) is 1. The quantitative estimate of drug-likeness (QED) is 0.736. The molecule has 0 spiro atoms. The molecule has 1 aromatic carbocycles. The van der Waals surface area contributed by atoms with Crippen LogP contribution in [0.5, 0.6) is 0 Å². The van der Waals surface area contributed by atoms with E-state index in [2.05, 4.69) is 21.2 Å². The maximum absolute atomic E-state index is 12.0. The van der Waals surface area contributed by atoms with Gasteiger partial charge in [-0.15, -0.1) is 0 Å². The third-order valence-electron chi connectivity index (χ3n) is 3.56. The molecule has 3 rings (SSSR count). The Labute approximate surface area is 128 Å². The van der Waals surface area contributed by atoms with Gasteiger partial charge in [-0.25, -0.2) is 0 Å². The zero-order valence-electron chi connectivity index (χ0n) is 10.8. The highest BCUT2D eigenvalue weighted by Crippen LogP contribution is 2.41. The number of hydrogen-bond acceptors (Lipinski definition) is 5. The van der Waals surface area contributed by atoms with Gasteiger partial charge in [0.05, 0.1) is 12.0 Å². The number of carbonyl (C=O) groups excluding carboxylic acids is 3. The van der Waals surface area contributed by atoms with Crippen molar-refractivity contribution in [1.82, 2.24) is 10.4 Å². The largest absolute Gasteiger partial charge is 0.368 e. The Bertz CT molecular complexity index is 618. The molecule has 110 valence electrons. The molecule has 3 N–H and O–H groups in total. The van der Waals surface area contributed by atoms with E-state index in [0.29, 0.717) is 0 Å². The monoisotopic (exact) mass is 353 g/mol. The van der Waals surface area contributed by atoms with Crippen molar-refractivity contribution >= 4 is 33.7 Å². The second-order valence-corrected chi connectivity index (χ2v) is 5.86. The van der Waals surface area contributed by atoms with Gasteiger partial charge >= 0.3 is 0 Å². The Balaban J connectivity index is 1.98. The molecule has 0 radical (unpaired) electrons. The van der Waals surface area contributed by atoms with Gasteiger partial charge < -0.3 is 5.73 Å². The molecule has 2 aliphatic heterocycles. The zero-order chi connectivity index (χ0) is 15.1. The highest BCUT2D eigenvalue weighted by Gasteiger charge is 2.56. The third kappa shape index (κ3) is 2.45. The Morgan fingerprint density at radius 1 is 1.29 bits per heavy atom. The summed E-state index contributed by atoms with van der Waals surface area (Å²) in [4.78, 5) is 40.3. The molecule has 7 nitrogen and oxygen atoms in total. The average molecular weight is 354 g/mol. The molecule has 0 saturated carbocycles. The topological polar surface area (TPSA) is 102 Å². The van der Waals surface area contributed by atoms with Crippen LogP contribution in [0, 0.1) is 5.92 Å². The van der Waals surface area contributed by atoms with E-state index in [1.807, 2.05) is 24.3 Å². The van der Waals surface area contributed by atoms with Crippen LogP contribution in [-0.4, -0.2) is 35.4 Å². The summed E-state index contributed by atoms with van der Waals surface area (Å²) in [7, 11) is 0. The molecule has 2 heterocycles. The first-order valence-electron chi connectivity index (χ1n) is 6.29. The van der Waals surface area contributed by atoms with E-state index in [9.17, 15) is 14.4 Å². The second kappa shape index (κ2) is 5.21. The number of imide groups is 1. The van der Waals surface area contributed by atoms with Gasteiger partial charge in [-0.2, -0.15) is 5.06 Å². The lowest BCUT2D eigenvalue weighted by Crippen LogP contribution is -2.37. The number of carbonyl (C=O) groups is 3. The number of hydrogen-bond donors (Lipinski definition) is 2. The van der Waals surface area contributed by atoms with E-state index < -0.39 is 35.8 Å². The minimum atomic E-state index is -0.912. The van der Waals surface area contributed by atoms with E-state index in [1.165, 1.54) is 5.06 Å². The van der Waals surface area contributed by atoms with Gasteiger partial charge in [0.2, 0.25) is 11.8 Å². The molecule has 21 heavy (non-hydrogen) atoms. The zero-order valence-corrected chi connectivity index (χ0v) is 12.4. The molecule has 2 saturated heterocycles. The van der Waals surface area contributed by atoms with Crippen LogP contribution in [-0.2, 0) is 19.2 Å². The molecular weight excluding hydrogens is 342 g/mol. The molecule has 0 aliphatic carbocycles. The fourth-order valence-corrected chi connectivity index (χ4v) is 2.98. The molecule has 2 aliphatic rings. The number of halogens is 1. The van der Waals surface area contributed by atoms with Crippen LogP contribution in [0.3, 0.4) is 0 Å². The van der Waals surface area contributed by atoms with Crippen molar-refractivity contribution < 1.29 is 19.2 Å². The number of nitrogens with two attached hydrogens (primary N) is 1. The standard InChI is InChI=1S/C13H12BrN3O4/c14-7-3-1-6(2-4-7)10-9-11(13(20)16-12(9)19)21-17(10)5-8(15)18/h1-4,9-11H,5H2,(H2,15,18)(H,16,19,20). The Morgan fingerprint density at radius 3 is 2.57 bits per heavy atom. The molecule has 0 aromatic heterocycles. The van der Waals surface area contributed by atoms with E-state index in [1.54, 1.807) is 0 Å². The summed E-state index contributed by atoms with van der Waals surface area (Å²) in [5, 5.41) is 3.57. The number of rotatable bonds is 3. The van der Waals surface area contributed by atoms with Gasteiger partial charge in [0.15, 0.2) is 6.10 Å². The average Bonchev–Trinajstić information content (AvgIpc) is 2.89. The molecule has 3 unspecified atom stereocenters. The van der Waals surface area contributed by atoms with Crippen molar-refractivity contribution in [1.29, 1.82) is 0 Å². The minimum Gasteiger partial charge on any atom is -0.368 e. The van der Waals surface area contributed by atoms with Gasteiger partial charge in [0, 0.05) is 4.47 Å². The Kier molecular flexibility index (Phi) is 3.52. The fourth-order valence-electron chi connectivity index (χ4n) is 2.71. The van der Waals surface area contributed by atoms with Crippen LogP contribution in [0.25, 0.3) is 0 Å². The highest BCUT2D eigenvalue weighted by molar-refractivity contribution is 9.10. The number of hydroxylamine groups is 2. The molecule has 0 bridgehead atoms. The third-order valence-corrected chi connectivity index (χ3v) is 4.08. The smallest absolute Gasteiger partial charge is 0.258 e. The first-order chi connectivity index (χ1) is 9.97. The first-order valence-corrected chi connectivity index (χ1v) is 7.08. The molecule has 3 atom stereocenters. The summed E-state index contributed by atoms with van der Waals surface area (Å²) in [6.07, 6.45) is -0.912. The van der Waals surface area contributed by atoms with Gasteiger partial charge in [-0.3, -0.25) is 24.5 Å². The number of fused-ring (bicyclic) bond motifs is 1. The van der Waals surface area contributed by atoms with Crippen molar-refractivity contribution in [3.63, 3.8) is 0 Å². The van der Waals surface area contributed by atoms with Crippen molar-refractivity contribution in [3.8, 4) is 0 Å². The predicted molar refractivity (Wildman–Crippen MR) is 74.3 cm³/mol. The number of benzene rings is 1. The predicted octanol–water partition coefficient (Wildman–Crippen LogP) is -0.136. The van der Waals surface area contributed by atoms with E-state index in [-0.39, 0.29) is 6.54 Å². The number of amides is 3. The number of primary amides is 1. The Morgan fingerprint density at radius 2 is 1.95 bits per heavy atom. The van der Waals surface area contributed by atoms with Crippen molar-refractivity contribution in [3.05, 3.63) is 34.3 Å². The van der Waals surface area contributed by atoms with E-state index in [4.69, 9.17) is 10.6 Å². The van der Waals surface area contributed by atoms with Crippen LogP contribution >= 0.6 is 15.9 Å². The number of nitrogens with zero attached hydrogens (tertiary/aromatic N) is 1. The fraction of sp³-hybridized carbons (Fsp3) is 0.308. The molecule has 2 fully saturated rings. The molecular formula is C13H12BrN3O4. The van der Waals surface area contributed by atoms with Crippen LogP contribution in [0.1, 0.15) is 11.6 Å². The lowest BCUT2D eigenvalue weighted by molar-refractivity contribution is -0.176. The van der Waals surface area contributed by atoms with Gasteiger partial charge in [0.25, 0.3) is 5.91 Å².